The molecule has 0 radical (unpaired) electrons. The van der Waals surface area contributed by atoms with Crippen LogP contribution in [-0.2, 0) is 4.79 Å². The Hall–Kier alpha value is -2.44. The molecule has 1 aromatic rings. The standard InChI is InChI=1S/C20H30N2O5/c1-25-16-12-15(13-17(26-2)19(16)27-3)20(24)22-11-10-21-18(23)9-8-14-6-4-5-7-14/h12-14H,4-11H2,1-3H3,(H,21,23)(H,22,24). The van der Waals surface area contributed by atoms with Gasteiger partial charge in [-0.1, -0.05) is 25.7 Å². The number of nitrogens with one attached hydrogen (secondary N) is 2. The number of amides is 2. The van der Waals surface area contributed by atoms with Crippen LogP contribution in [0.25, 0.3) is 0 Å². The molecule has 0 aliphatic heterocycles. The Kier molecular flexibility index (Phi) is 8.23. The van der Waals surface area contributed by atoms with Gasteiger partial charge in [-0.15, -0.1) is 0 Å². The summed E-state index contributed by atoms with van der Waals surface area (Å²) in [6.07, 6.45) is 6.60. The number of carbonyl (C=O) groups excluding carboxylic acids is 2. The minimum absolute atomic E-state index is 0.0453. The fourth-order valence-corrected chi connectivity index (χ4v) is 3.41. The Labute approximate surface area is 160 Å². The lowest BCUT2D eigenvalue weighted by Gasteiger charge is -2.14. The Morgan fingerprint density at radius 3 is 2.11 bits per heavy atom. The summed E-state index contributed by atoms with van der Waals surface area (Å²) in [6, 6.07) is 3.19. The molecule has 27 heavy (non-hydrogen) atoms. The first-order chi connectivity index (χ1) is 13.1. The van der Waals surface area contributed by atoms with E-state index in [-0.39, 0.29) is 11.8 Å². The summed E-state index contributed by atoms with van der Waals surface area (Å²) in [5.74, 6) is 1.75. The van der Waals surface area contributed by atoms with E-state index in [9.17, 15) is 9.59 Å². The zero-order valence-corrected chi connectivity index (χ0v) is 16.4. The van der Waals surface area contributed by atoms with Crippen LogP contribution in [0.2, 0.25) is 0 Å². The second-order valence-corrected chi connectivity index (χ2v) is 6.71. The van der Waals surface area contributed by atoms with Crippen LogP contribution in [0, 0.1) is 5.92 Å². The van der Waals surface area contributed by atoms with Crippen molar-refractivity contribution >= 4 is 11.8 Å². The highest BCUT2D eigenvalue weighted by Crippen LogP contribution is 2.38. The molecule has 150 valence electrons. The van der Waals surface area contributed by atoms with Crippen molar-refractivity contribution in [2.45, 2.75) is 38.5 Å². The van der Waals surface area contributed by atoms with Gasteiger partial charge in [0.1, 0.15) is 0 Å². The topological polar surface area (TPSA) is 85.9 Å². The Morgan fingerprint density at radius 2 is 1.56 bits per heavy atom. The zero-order chi connectivity index (χ0) is 19.6. The number of benzene rings is 1. The molecule has 1 aromatic carbocycles. The Bertz CT molecular complexity index is 616. The maximum absolute atomic E-state index is 12.3. The molecular formula is C20H30N2O5. The monoisotopic (exact) mass is 378 g/mol. The van der Waals surface area contributed by atoms with Crippen LogP contribution in [0.3, 0.4) is 0 Å². The number of rotatable bonds is 10. The highest BCUT2D eigenvalue weighted by atomic mass is 16.5. The van der Waals surface area contributed by atoms with Crippen LogP contribution < -0.4 is 24.8 Å². The molecule has 0 atom stereocenters. The normalized spacial score (nSPS) is 13.9. The number of carbonyl (C=O) groups is 2. The summed E-state index contributed by atoms with van der Waals surface area (Å²) in [4.78, 5) is 24.2. The molecule has 7 nitrogen and oxygen atoms in total. The number of hydrogen-bond acceptors (Lipinski definition) is 5. The van der Waals surface area contributed by atoms with E-state index in [0.717, 1.165) is 6.42 Å². The first kappa shape index (κ1) is 20.9. The predicted octanol–water partition coefficient (Wildman–Crippen LogP) is 2.53. The lowest BCUT2D eigenvalue weighted by atomic mass is 10.0. The molecule has 2 N–H and O–H groups in total. The summed E-state index contributed by atoms with van der Waals surface area (Å²) in [5, 5.41) is 5.64. The van der Waals surface area contributed by atoms with E-state index in [1.807, 2.05) is 0 Å². The fourth-order valence-electron chi connectivity index (χ4n) is 3.41. The van der Waals surface area contributed by atoms with Crippen LogP contribution in [-0.4, -0.2) is 46.2 Å². The molecule has 0 heterocycles. The van der Waals surface area contributed by atoms with Crippen molar-refractivity contribution in [2.75, 3.05) is 34.4 Å². The van der Waals surface area contributed by atoms with Gasteiger partial charge in [0, 0.05) is 25.1 Å². The Balaban J connectivity index is 1.77. The van der Waals surface area contributed by atoms with Crippen LogP contribution in [0.15, 0.2) is 12.1 Å². The second kappa shape index (κ2) is 10.6. The van der Waals surface area contributed by atoms with Gasteiger partial charge in [0.25, 0.3) is 5.91 Å². The first-order valence-electron chi connectivity index (χ1n) is 9.44. The van der Waals surface area contributed by atoms with Gasteiger partial charge in [0.2, 0.25) is 11.7 Å². The number of hydrogen-bond donors (Lipinski definition) is 2. The molecule has 2 amide bonds. The van der Waals surface area contributed by atoms with E-state index >= 15 is 0 Å². The molecule has 1 saturated carbocycles. The molecule has 1 fully saturated rings. The van der Waals surface area contributed by atoms with Gasteiger partial charge in [-0.05, 0) is 24.5 Å². The molecule has 2 rings (SSSR count). The van der Waals surface area contributed by atoms with E-state index < -0.39 is 0 Å². The summed E-state index contributed by atoms with van der Waals surface area (Å²) < 4.78 is 15.8. The smallest absolute Gasteiger partial charge is 0.251 e. The second-order valence-electron chi connectivity index (χ2n) is 6.71. The maximum atomic E-state index is 12.3. The molecule has 0 bridgehead atoms. The SMILES string of the molecule is COc1cc(C(=O)NCCNC(=O)CCC2CCCC2)cc(OC)c1OC. The molecule has 0 aromatic heterocycles. The molecule has 0 saturated heterocycles. The van der Waals surface area contributed by atoms with Gasteiger partial charge < -0.3 is 24.8 Å². The van der Waals surface area contributed by atoms with E-state index in [1.165, 1.54) is 47.0 Å². The lowest BCUT2D eigenvalue weighted by molar-refractivity contribution is -0.121. The van der Waals surface area contributed by atoms with E-state index in [1.54, 1.807) is 12.1 Å². The molecular weight excluding hydrogens is 348 g/mol. The lowest BCUT2D eigenvalue weighted by Crippen LogP contribution is -2.34. The summed E-state index contributed by atoms with van der Waals surface area (Å²) in [6.45, 7) is 0.754. The van der Waals surface area contributed by atoms with Crippen LogP contribution in [0.1, 0.15) is 48.9 Å². The molecule has 0 spiro atoms. The van der Waals surface area contributed by atoms with Crippen LogP contribution in [0.5, 0.6) is 17.2 Å². The van der Waals surface area contributed by atoms with Crippen molar-refractivity contribution in [3.05, 3.63) is 17.7 Å². The van der Waals surface area contributed by atoms with Crippen molar-refractivity contribution in [1.29, 1.82) is 0 Å². The third kappa shape index (κ3) is 6.05. The van der Waals surface area contributed by atoms with Crippen molar-refractivity contribution in [1.82, 2.24) is 10.6 Å². The summed E-state index contributed by atoms with van der Waals surface area (Å²) in [5.41, 5.74) is 0.400. The predicted molar refractivity (Wildman–Crippen MR) is 103 cm³/mol. The van der Waals surface area contributed by atoms with Crippen LogP contribution >= 0.6 is 0 Å². The van der Waals surface area contributed by atoms with E-state index in [4.69, 9.17) is 14.2 Å². The van der Waals surface area contributed by atoms with Gasteiger partial charge in [0.15, 0.2) is 11.5 Å². The minimum atomic E-state index is -0.269. The fraction of sp³-hybridized carbons (Fsp3) is 0.600. The molecule has 7 heteroatoms. The largest absolute Gasteiger partial charge is 0.493 e. The quantitative estimate of drug-likeness (QED) is 0.611. The van der Waals surface area contributed by atoms with E-state index in [0.29, 0.717) is 48.2 Å². The van der Waals surface area contributed by atoms with Gasteiger partial charge in [-0.3, -0.25) is 9.59 Å². The van der Waals surface area contributed by atoms with Gasteiger partial charge >= 0.3 is 0 Å². The summed E-state index contributed by atoms with van der Waals surface area (Å²) in [7, 11) is 4.51. The molecule has 0 unspecified atom stereocenters. The Morgan fingerprint density at radius 1 is 0.963 bits per heavy atom. The number of ether oxygens (including phenoxy) is 3. The first-order valence-corrected chi connectivity index (χ1v) is 9.44. The zero-order valence-electron chi connectivity index (χ0n) is 16.4. The number of methoxy groups -OCH3 is 3. The van der Waals surface area contributed by atoms with Crippen molar-refractivity contribution in [3.8, 4) is 17.2 Å². The molecule has 1 aliphatic carbocycles. The third-order valence-electron chi connectivity index (χ3n) is 4.91. The average Bonchev–Trinajstić information content (AvgIpc) is 3.21. The third-order valence-corrected chi connectivity index (χ3v) is 4.91. The van der Waals surface area contributed by atoms with Crippen molar-refractivity contribution < 1.29 is 23.8 Å². The van der Waals surface area contributed by atoms with Crippen molar-refractivity contribution in [2.24, 2.45) is 5.92 Å². The minimum Gasteiger partial charge on any atom is -0.493 e. The highest BCUT2D eigenvalue weighted by Gasteiger charge is 2.17. The van der Waals surface area contributed by atoms with E-state index in [2.05, 4.69) is 10.6 Å². The summed E-state index contributed by atoms with van der Waals surface area (Å²) >= 11 is 0. The maximum Gasteiger partial charge on any atom is 0.251 e. The van der Waals surface area contributed by atoms with Gasteiger partial charge in [-0.25, -0.2) is 0 Å². The van der Waals surface area contributed by atoms with Crippen LogP contribution in [0.4, 0.5) is 0 Å². The highest BCUT2D eigenvalue weighted by molar-refractivity contribution is 5.95. The average molecular weight is 378 g/mol. The molecule has 1 aliphatic rings. The van der Waals surface area contributed by atoms with Gasteiger partial charge in [-0.2, -0.15) is 0 Å². The van der Waals surface area contributed by atoms with Gasteiger partial charge in [0.05, 0.1) is 21.3 Å². The van der Waals surface area contributed by atoms with Crippen molar-refractivity contribution in [3.63, 3.8) is 0 Å².